The number of aromatic nitrogens is 1. The number of fused-ring (bicyclic) bond motifs is 1. The number of hydrogen-bond donors (Lipinski definition) is 1. The standard InChI is InChI=1S/C17H15F3N2O2S/c1-23-15-8-11(2-3-14(15)24-10-17(18,19)20)9-22-12-4-6-21-13-5-7-25-16(12)13/h2-8H,9-10H2,1H3,(H,21,22). The predicted molar refractivity (Wildman–Crippen MR) is 91.5 cm³/mol. The average molecular weight is 368 g/mol. The van der Waals surface area contributed by atoms with E-state index in [1.165, 1.54) is 13.2 Å². The highest BCUT2D eigenvalue weighted by Gasteiger charge is 2.29. The maximum absolute atomic E-state index is 12.3. The fourth-order valence-electron chi connectivity index (χ4n) is 2.31. The maximum Gasteiger partial charge on any atom is 0.422 e. The lowest BCUT2D eigenvalue weighted by atomic mass is 10.2. The molecule has 3 rings (SSSR count). The van der Waals surface area contributed by atoms with Gasteiger partial charge >= 0.3 is 6.18 Å². The van der Waals surface area contributed by atoms with E-state index in [0.717, 1.165) is 21.5 Å². The molecule has 25 heavy (non-hydrogen) atoms. The molecule has 2 heterocycles. The molecule has 0 aliphatic heterocycles. The number of ether oxygens (including phenoxy) is 2. The number of thiophene rings is 1. The van der Waals surface area contributed by atoms with Crippen molar-refractivity contribution in [3.8, 4) is 11.5 Å². The molecule has 0 unspecified atom stereocenters. The largest absolute Gasteiger partial charge is 0.493 e. The van der Waals surface area contributed by atoms with E-state index in [0.29, 0.717) is 6.54 Å². The summed E-state index contributed by atoms with van der Waals surface area (Å²) in [7, 11) is 1.39. The van der Waals surface area contributed by atoms with Crippen molar-refractivity contribution in [1.29, 1.82) is 0 Å². The summed E-state index contributed by atoms with van der Waals surface area (Å²) in [4.78, 5) is 4.28. The van der Waals surface area contributed by atoms with Gasteiger partial charge in [0, 0.05) is 12.7 Å². The Balaban J connectivity index is 1.71. The molecule has 132 valence electrons. The molecule has 0 atom stereocenters. The van der Waals surface area contributed by atoms with E-state index in [9.17, 15) is 13.2 Å². The lowest BCUT2D eigenvalue weighted by Gasteiger charge is -2.14. The van der Waals surface area contributed by atoms with Crippen LogP contribution in [0.1, 0.15) is 5.56 Å². The van der Waals surface area contributed by atoms with Gasteiger partial charge in [0.2, 0.25) is 0 Å². The summed E-state index contributed by atoms with van der Waals surface area (Å²) in [5, 5.41) is 5.28. The van der Waals surface area contributed by atoms with Crippen molar-refractivity contribution in [2.24, 2.45) is 0 Å². The first kappa shape index (κ1) is 17.3. The zero-order valence-corrected chi connectivity index (χ0v) is 14.1. The summed E-state index contributed by atoms with van der Waals surface area (Å²) in [6, 6.07) is 8.67. The van der Waals surface area contributed by atoms with Crippen molar-refractivity contribution in [3.63, 3.8) is 0 Å². The maximum atomic E-state index is 12.3. The van der Waals surface area contributed by atoms with Crippen molar-refractivity contribution in [2.75, 3.05) is 19.0 Å². The first-order valence-corrected chi connectivity index (χ1v) is 8.27. The summed E-state index contributed by atoms with van der Waals surface area (Å²) in [5.41, 5.74) is 2.73. The van der Waals surface area contributed by atoms with E-state index in [2.05, 4.69) is 10.3 Å². The third kappa shape index (κ3) is 4.33. The number of pyridine rings is 1. The molecule has 0 bridgehead atoms. The molecule has 4 nitrogen and oxygen atoms in total. The van der Waals surface area contributed by atoms with Crippen LogP contribution in [0.5, 0.6) is 11.5 Å². The number of methoxy groups -OCH3 is 1. The minimum absolute atomic E-state index is 0.0631. The monoisotopic (exact) mass is 368 g/mol. The minimum atomic E-state index is -4.39. The van der Waals surface area contributed by atoms with Crippen LogP contribution in [-0.4, -0.2) is 24.9 Å². The lowest BCUT2D eigenvalue weighted by Crippen LogP contribution is -2.19. The fourth-order valence-corrected chi connectivity index (χ4v) is 3.15. The lowest BCUT2D eigenvalue weighted by molar-refractivity contribution is -0.153. The van der Waals surface area contributed by atoms with Gasteiger partial charge in [-0.25, -0.2) is 0 Å². The number of halogens is 3. The molecule has 0 aliphatic carbocycles. The number of nitrogens with one attached hydrogen (secondary N) is 1. The minimum Gasteiger partial charge on any atom is -0.493 e. The average Bonchev–Trinajstić information content (AvgIpc) is 3.07. The molecule has 0 spiro atoms. The van der Waals surface area contributed by atoms with Crippen LogP contribution < -0.4 is 14.8 Å². The van der Waals surface area contributed by atoms with Crippen LogP contribution in [0, 0.1) is 0 Å². The van der Waals surface area contributed by atoms with Crippen LogP contribution in [0.25, 0.3) is 10.2 Å². The molecule has 1 N–H and O–H groups in total. The van der Waals surface area contributed by atoms with Crippen LogP contribution in [0.2, 0.25) is 0 Å². The number of rotatable bonds is 6. The summed E-state index contributed by atoms with van der Waals surface area (Å²) in [6.45, 7) is -0.860. The predicted octanol–water partition coefficient (Wildman–Crippen LogP) is 4.86. The van der Waals surface area contributed by atoms with Gasteiger partial charge in [-0.1, -0.05) is 6.07 Å². The van der Waals surface area contributed by atoms with Gasteiger partial charge in [-0.15, -0.1) is 11.3 Å². The van der Waals surface area contributed by atoms with E-state index in [4.69, 9.17) is 9.47 Å². The fraction of sp³-hybridized carbons (Fsp3) is 0.235. The molecule has 0 amide bonds. The Morgan fingerprint density at radius 1 is 1.16 bits per heavy atom. The van der Waals surface area contributed by atoms with Gasteiger partial charge in [-0.2, -0.15) is 13.2 Å². The van der Waals surface area contributed by atoms with Crippen molar-refractivity contribution in [3.05, 3.63) is 47.5 Å². The number of hydrogen-bond acceptors (Lipinski definition) is 5. The molecule has 3 aromatic rings. The number of benzene rings is 1. The molecular weight excluding hydrogens is 353 g/mol. The summed E-state index contributed by atoms with van der Waals surface area (Å²) < 4.78 is 47.8. The molecule has 0 saturated heterocycles. The van der Waals surface area contributed by atoms with E-state index in [1.807, 2.05) is 17.5 Å². The zero-order chi connectivity index (χ0) is 17.9. The van der Waals surface area contributed by atoms with Gasteiger partial charge in [0.25, 0.3) is 0 Å². The molecule has 0 fully saturated rings. The SMILES string of the molecule is COc1cc(CNc2ccnc3ccsc23)ccc1OCC(F)(F)F. The van der Waals surface area contributed by atoms with Gasteiger partial charge in [0.05, 0.1) is 23.0 Å². The highest BCUT2D eigenvalue weighted by molar-refractivity contribution is 7.17. The molecule has 0 radical (unpaired) electrons. The molecule has 8 heteroatoms. The summed E-state index contributed by atoms with van der Waals surface area (Å²) in [6.07, 6.45) is -2.66. The first-order chi connectivity index (χ1) is 12.0. The third-order valence-electron chi connectivity index (χ3n) is 3.45. The topological polar surface area (TPSA) is 43.4 Å². The van der Waals surface area contributed by atoms with Crippen molar-refractivity contribution in [1.82, 2.24) is 4.98 Å². The molecule has 0 aliphatic rings. The quantitative estimate of drug-likeness (QED) is 0.675. The first-order valence-electron chi connectivity index (χ1n) is 7.39. The Morgan fingerprint density at radius 3 is 2.76 bits per heavy atom. The van der Waals surface area contributed by atoms with Gasteiger partial charge in [0.1, 0.15) is 0 Å². The Kier molecular flexibility index (Phi) is 4.98. The number of alkyl halides is 3. The number of anilines is 1. The van der Waals surface area contributed by atoms with E-state index < -0.39 is 12.8 Å². The molecule has 0 saturated carbocycles. The van der Waals surface area contributed by atoms with Crippen LogP contribution in [-0.2, 0) is 6.54 Å². The van der Waals surface area contributed by atoms with Crippen LogP contribution in [0.3, 0.4) is 0 Å². The van der Waals surface area contributed by atoms with Crippen LogP contribution in [0.15, 0.2) is 41.9 Å². The van der Waals surface area contributed by atoms with Gasteiger partial charge in [-0.05, 0) is 35.2 Å². The van der Waals surface area contributed by atoms with E-state index in [1.54, 1.807) is 29.7 Å². The van der Waals surface area contributed by atoms with Crippen molar-refractivity contribution in [2.45, 2.75) is 12.7 Å². The molecule has 2 aromatic heterocycles. The van der Waals surface area contributed by atoms with E-state index >= 15 is 0 Å². The van der Waals surface area contributed by atoms with Gasteiger partial charge < -0.3 is 14.8 Å². The second-order valence-electron chi connectivity index (χ2n) is 5.24. The van der Waals surface area contributed by atoms with Crippen molar-refractivity contribution < 1.29 is 22.6 Å². The van der Waals surface area contributed by atoms with Gasteiger partial charge in [-0.3, -0.25) is 4.98 Å². The summed E-state index contributed by atoms with van der Waals surface area (Å²) >= 11 is 1.59. The highest BCUT2D eigenvalue weighted by Crippen LogP contribution is 2.31. The molecular formula is C17H15F3N2O2S. The van der Waals surface area contributed by atoms with Crippen LogP contribution in [0.4, 0.5) is 18.9 Å². The Hall–Kier alpha value is -2.48. The number of nitrogens with zero attached hydrogens (tertiary/aromatic N) is 1. The second-order valence-corrected chi connectivity index (χ2v) is 6.15. The Bertz CT molecular complexity index is 864. The van der Waals surface area contributed by atoms with Crippen LogP contribution >= 0.6 is 11.3 Å². The van der Waals surface area contributed by atoms with Crippen molar-refractivity contribution >= 4 is 27.2 Å². The van der Waals surface area contributed by atoms with Gasteiger partial charge in [0.15, 0.2) is 18.1 Å². The normalized spacial score (nSPS) is 11.5. The zero-order valence-electron chi connectivity index (χ0n) is 13.3. The Morgan fingerprint density at radius 2 is 2.00 bits per heavy atom. The highest BCUT2D eigenvalue weighted by atomic mass is 32.1. The second kappa shape index (κ2) is 7.18. The summed E-state index contributed by atoms with van der Waals surface area (Å²) in [5.74, 6) is 0.327. The third-order valence-corrected chi connectivity index (χ3v) is 4.38. The smallest absolute Gasteiger partial charge is 0.422 e. The van der Waals surface area contributed by atoms with E-state index in [-0.39, 0.29) is 11.5 Å². The molecule has 1 aromatic carbocycles. The Labute approximate surface area is 146 Å².